The lowest BCUT2D eigenvalue weighted by atomic mass is 10.2. The highest BCUT2D eigenvalue weighted by molar-refractivity contribution is 9.10. The van der Waals surface area contributed by atoms with Crippen molar-refractivity contribution in [1.82, 2.24) is 0 Å². The van der Waals surface area contributed by atoms with E-state index < -0.39 is 5.97 Å². The first kappa shape index (κ1) is 13.1. The summed E-state index contributed by atoms with van der Waals surface area (Å²) in [7, 11) is 0. The molecular formula is C13H12BrNO2S. The van der Waals surface area contributed by atoms with Crippen LogP contribution in [0.25, 0.3) is 0 Å². The summed E-state index contributed by atoms with van der Waals surface area (Å²) in [5.74, 6) is -0.906. The van der Waals surface area contributed by atoms with Crippen LogP contribution in [0.3, 0.4) is 0 Å². The number of benzene rings is 1. The van der Waals surface area contributed by atoms with Gasteiger partial charge in [-0.2, -0.15) is 0 Å². The van der Waals surface area contributed by atoms with Gasteiger partial charge in [0.05, 0.1) is 11.6 Å². The molecule has 0 spiro atoms. The molecule has 0 bridgehead atoms. The highest BCUT2D eigenvalue weighted by atomic mass is 79.9. The van der Waals surface area contributed by atoms with E-state index in [1.807, 2.05) is 5.38 Å². The van der Waals surface area contributed by atoms with Gasteiger partial charge >= 0.3 is 5.97 Å². The Kier molecular flexibility index (Phi) is 4.04. The summed E-state index contributed by atoms with van der Waals surface area (Å²) in [6.45, 7) is 2.07. The van der Waals surface area contributed by atoms with Crippen LogP contribution in [-0.2, 0) is 0 Å². The Morgan fingerprint density at radius 1 is 1.39 bits per heavy atom. The standard InChI is InChI=1S/C13H12BrNO2S/c1-8(12-6-10(14)7-18-12)15-11-4-2-9(3-5-11)13(16)17/h2-8,15H,1H3,(H,16,17). The normalized spacial score (nSPS) is 12.1. The van der Waals surface area contributed by atoms with Gasteiger partial charge in [0.1, 0.15) is 0 Å². The van der Waals surface area contributed by atoms with Crippen LogP contribution in [-0.4, -0.2) is 11.1 Å². The maximum atomic E-state index is 10.7. The second-order valence-electron chi connectivity index (χ2n) is 3.92. The summed E-state index contributed by atoms with van der Waals surface area (Å²) in [6.07, 6.45) is 0. The van der Waals surface area contributed by atoms with E-state index in [2.05, 4.69) is 34.2 Å². The van der Waals surface area contributed by atoms with Crippen LogP contribution in [0.2, 0.25) is 0 Å². The zero-order valence-electron chi connectivity index (χ0n) is 9.68. The molecule has 0 saturated carbocycles. The Morgan fingerprint density at radius 3 is 2.56 bits per heavy atom. The fourth-order valence-electron chi connectivity index (χ4n) is 1.59. The van der Waals surface area contributed by atoms with Gasteiger partial charge in [0.25, 0.3) is 0 Å². The first-order chi connectivity index (χ1) is 8.56. The fourth-order valence-corrected chi connectivity index (χ4v) is 3.04. The van der Waals surface area contributed by atoms with Crippen molar-refractivity contribution in [3.63, 3.8) is 0 Å². The van der Waals surface area contributed by atoms with Crippen molar-refractivity contribution in [2.75, 3.05) is 5.32 Å². The molecule has 0 aliphatic rings. The molecule has 0 fully saturated rings. The smallest absolute Gasteiger partial charge is 0.335 e. The van der Waals surface area contributed by atoms with Crippen LogP contribution in [0.15, 0.2) is 40.2 Å². The number of hydrogen-bond acceptors (Lipinski definition) is 3. The van der Waals surface area contributed by atoms with E-state index in [1.165, 1.54) is 4.88 Å². The largest absolute Gasteiger partial charge is 0.478 e. The third-order valence-electron chi connectivity index (χ3n) is 2.53. The first-order valence-corrected chi connectivity index (χ1v) is 7.07. The minimum Gasteiger partial charge on any atom is -0.478 e. The average molecular weight is 326 g/mol. The molecule has 1 unspecified atom stereocenters. The van der Waals surface area contributed by atoms with Gasteiger partial charge in [-0.15, -0.1) is 11.3 Å². The molecule has 0 amide bonds. The molecule has 2 N–H and O–H groups in total. The van der Waals surface area contributed by atoms with Crippen LogP contribution in [0.4, 0.5) is 5.69 Å². The van der Waals surface area contributed by atoms with Gasteiger partial charge < -0.3 is 10.4 Å². The molecule has 0 saturated heterocycles. The molecular weight excluding hydrogens is 314 g/mol. The van der Waals surface area contributed by atoms with Gasteiger partial charge in [-0.3, -0.25) is 0 Å². The predicted molar refractivity (Wildman–Crippen MR) is 77.5 cm³/mol. The summed E-state index contributed by atoms with van der Waals surface area (Å²) in [5, 5.41) is 14.2. The number of nitrogens with one attached hydrogen (secondary N) is 1. The molecule has 0 aliphatic carbocycles. The van der Waals surface area contributed by atoms with Crippen LogP contribution in [0.1, 0.15) is 28.2 Å². The number of aromatic carboxylic acids is 1. The lowest BCUT2D eigenvalue weighted by Crippen LogP contribution is -2.05. The van der Waals surface area contributed by atoms with Crippen molar-refractivity contribution in [2.45, 2.75) is 13.0 Å². The summed E-state index contributed by atoms with van der Waals surface area (Å²) >= 11 is 5.11. The van der Waals surface area contributed by atoms with Crippen LogP contribution >= 0.6 is 27.3 Å². The third-order valence-corrected chi connectivity index (χ3v) is 4.41. The monoisotopic (exact) mass is 325 g/mol. The van der Waals surface area contributed by atoms with E-state index in [4.69, 9.17) is 5.11 Å². The Bertz CT molecular complexity index is 550. The SMILES string of the molecule is CC(Nc1ccc(C(=O)O)cc1)c1cc(Br)cs1. The van der Waals surface area contributed by atoms with Crippen molar-refractivity contribution >= 4 is 38.9 Å². The van der Waals surface area contributed by atoms with Crippen molar-refractivity contribution in [3.8, 4) is 0 Å². The van der Waals surface area contributed by atoms with Crippen molar-refractivity contribution in [3.05, 3.63) is 50.6 Å². The Morgan fingerprint density at radius 2 is 2.06 bits per heavy atom. The quantitative estimate of drug-likeness (QED) is 0.876. The number of halogens is 1. The Hall–Kier alpha value is -1.33. The molecule has 3 nitrogen and oxygen atoms in total. The number of carbonyl (C=O) groups is 1. The molecule has 1 atom stereocenters. The second kappa shape index (κ2) is 5.54. The van der Waals surface area contributed by atoms with E-state index in [0.717, 1.165) is 10.2 Å². The van der Waals surface area contributed by atoms with Gasteiger partial charge in [0, 0.05) is 20.4 Å². The fraction of sp³-hybridized carbons (Fsp3) is 0.154. The molecule has 0 aliphatic heterocycles. The topological polar surface area (TPSA) is 49.3 Å². The number of thiophene rings is 1. The summed E-state index contributed by atoms with van der Waals surface area (Å²) < 4.78 is 1.08. The Labute approximate surface area is 118 Å². The number of anilines is 1. The maximum Gasteiger partial charge on any atom is 0.335 e. The van der Waals surface area contributed by atoms with E-state index in [-0.39, 0.29) is 6.04 Å². The molecule has 1 heterocycles. The van der Waals surface area contributed by atoms with Gasteiger partial charge in [-0.1, -0.05) is 0 Å². The van der Waals surface area contributed by atoms with E-state index in [9.17, 15) is 4.79 Å². The number of hydrogen-bond donors (Lipinski definition) is 2. The molecule has 1 aromatic heterocycles. The van der Waals surface area contributed by atoms with Gasteiger partial charge in [0.15, 0.2) is 0 Å². The lowest BCUT2D eigenvalue weighted by molar-refractivity contribution is 0.0697. The molecule has 1 aromatic carbocycles. The van der Waals surface area contributed by atoms with Gasteiger partial charge in [-0.05, 0) is 53.2 Å². The maximum absolute atomic E-state index is 10.7. The lowest BCUT2D eigenvalue weighted by Gasteiger charge is -2.13. The van der Waals surface area contributed by atoms with Gasteiger partial charge in [0.2, 0.25) is 0 Å². The van der Waals surface area contributed by atoms with Crippen molar-refractivity contribution in [1.29, 1.82) is 0 Å². The molecule has 2 aromatic rings. The number of carboxylic acids is 1. The average Bonchev–Trinajstić information content (AvgIpc) is 2.76. The molecule has 5 heteroatoms. The highest BCUT2D eigenvalue weighted by Crippen LogP contribution is 2.27. The zero-order valence-corrected chi connectivity index (χ0v) is 12.1. The minimum atomic E-state index is -0.906. The molecule has 18 heavy (non-hydrogen) atoms. The summed E-state index contributed by atoms with van der Waals surface area (Å²) in [6, 6.07) is 9.03. The van der Waals surface area contributed by atoms with Crippen molar-refractivity contribution in [2.24, 2.45) is 0 Å². The third kappa shape index (κ3) is 3.11. The minimum absolute atomic E-state index is 0.192. The summed E-state index contributed by atoms with van der Waals surface area (Å²) in [4.78, 5) is 12.0. The van der Waals surface area contributed by atoms with Crippen LogP contribution in [0.5, 0.6) is 0 Å². The second-order valence-corrected chi connectivity index (χ2v) is 5.77. The van der Waals surface area contributed by atoms with E-state index in [0.29, 0.717) is 5.56 Å². The molecule has 0 radical (unpaired) electrons. The predicted octanol–water partition coefficient (Wildman–Crippen LogP) is 4.38. The van der Waals surface area contributed by atoms with E-state index in [1.54, 1.807) is 35.6 Å². The van der Waals surface area contributed by atoms with Crippen LogP contribution in [0, 0.1) is 0 Å². The van der Waals surface area contributed by atoms with Crippen LogP contribution < -0.4 is 5.32 Å². The first-order valence-electron chi connectivity index (χ1n) is 5.40. The number of rotatable bonds is 4. The Balaban J connectivity index is 2.07. The van der Waals surface area contributed by atoms with Crippen molar-refractivity contribution < 1.29 is 9.90 Å². The molecule has 94 valence electrons. The van der Waals surface area contributed by atoms with Gasteiger partial charge in [-0.25, -0.2) is 4.79 Å². The summed E-state index contributed by atoms with van der Waals surface area (Å²) in [5.41, 5.74) is 1.21. The highest BCUT2D eigenvalue weighted by Gasteiger charge is 2.08. The zero-order chi connectivity index (χ0) is 13.1. The molecule has 2 rings (SSSR count). The number of carboxylic acid groups (broad SMARTS) is 1. The van der Waals surface area contributed by atoms with E-state index >= 15 is 0 Å².